The normalized spacial score (nSPS) is 15.6. The molecule has 0 bridgehead atoms. The van der Waals surface area contributed by atoms with Gasteiger partial charge < -0.3 is 19.7 Å². The Morgan fingerprint density at radius 1 is 1.10 bits per heavy atom. The highest BCUT2D eigenvalue weighted by atomic mass is 35.5. The Labute approximate surface area is 125 Å². The number of methoxy groups -OCH3 is 2. The van der Waals surface area contributed by atoms with Crippen molar-refractivity contribution >= 4 is 11.6 Å². The molecule has 1 aromatic carbocycles. The van der Waals surface area contributed by atoms with Crippen LogP contribution in [0.2, 0.25) is 5.02 Å². The minimum Gasteiger partial charge on any atom is -0.493 e. The summed E-state index contributed by atoms with van der Waals surface area (Å²) in [7, 11) is 3.12. The number of rotatable bonds is 7. The second kappa shape index (κ2) is 7.72. The maximum atomic E-state index is 9.92. The van der Waals surface area contributed by atoms with Crippen LogP contribution in [0, 0.1) is 0 Å². The van der Waals surface area contributed by atoms with Crippen molar-refractivity contribution in [3.05, 3.63) is 22.7 Å². The SMILES string of the molecule is CCC(O)C(O)CC(C)c1cc(OC)c(OC)cc1Cl. The van der Waals surface area contributed by atoms with E-state index in [-0.39, 0.29) is 5.92 Å². The van der Waals surface area contributed by atoms with Crippen LogP contribution >= 0.6 is 11.6 Å². The van der Waals surface area contributed by atoms with Gasteiger partial charge in [0.25, 0.3) is 0 Å². The fraction of sp³-hybridized carbons (Fsp3) is 0.600. The number of aliphatic hydroxyl groups excluding tert-OH is 2. The van der Waals surface area contributed by atoms with E-state index in [9.17, 15) is 10.2 Å². The predicted octanol–water partition coefficient (Wildman–Crippen LogP) is 2.98. The van der Waals surface area contributed by atoms with E-state index in [0.29, 0.717) is 29.4 Å². The van der Waals surface area contributed by atoms with Crippen molar-refractivity contribution in [3.8, 4) is 11.5 Å². The van der Waals surface area contributed by atoms with Gasteiger partial charge in [-0.05, 0) is 30.4 Å². The molecule has 0 saturated carbocycles. The third kappa shape index (κ3) is 4.01. The summed E-state index contributed by atoms with van der Waals surface area (Å²) in [6, 6.07) is 3.52. The number of aliphatic hydroxyl groups is 2. The fourth-order valence-electron chi connectivity index (χ4n) is 2.17. The summed E-state index contributed by atoms with van der Waals surface area (Å²) in [6.07, 6.45) is -0.520. The van der Waals surface area contributed by atoms with Crippen LogP contribution in [0.15, 0.2) is 12.1 Å². The summed E-state index contributed by atoms with van der Waals surface area (Å²) in [4.78, 5) is 0. The lowest BCUT2D eigenvalue weighted by molar-refractivity contribution is 0.00953. The maximum Gasteiger partial charge on any atom is 0.162 e. The lowest BCUT2D eigenvalue weighted by Gasteiger charge is -2.22. The van der Waals surface area contributed by atoms with E-state index in [4.69, 9.17) is 21.1 Å². The molecule has 1 aromatic rings. The third-order valence-electron chi connectivity index (χ3n) is 3.49. The number of hydrogen-bond donors (Lipinski definition) is 2. The molecule has 4 nitrogen and oxygen atoms in total. The lowest BCUT2D eigenvalue weighted by atomic mass is 9.92. The molecule has 0 saturated heterocycles. The van der Waals surface area contributed by atoms with E-state index in [1.165, 1.54) is 0 Å². The van der Waals surface area contributed by atoms with Crippen molar-refractivity contribution < 1.29 is 19.7 Å². The smallest absolute Gasteiger partial charge is 0.162 e. The first kappa shape index (κ1) is 17.1. The molecular weight excluding hydrogens is 280 g/mol. The Morgan fingerprint density at radius 2 is 1.65 bits per heavy atom. The Balaban J connectivity index is 2.95. The van der Waals surface area contributed by atoms with Gasteiger partial charge in [0.2, 0.25) is 0 Å². The monoisotopic (exact) mass is 302 g/mol. The van der Waals surface area contributed by atoms with E-state index < -0.39 is 12.2 Å². The predicted molar refractivity (Wildman–Crippen MR) is 79.9 cm³/mol. The van der Waals surface area contributed by atoms with Gasteiger partial charge in [-0.3, -0.25) is 0 Å². The van der Waals surface area contributed by atoms with Crippen LogP contribution in [-0.4, -0.2) is 36.6 Å². The summed E-state index contributed by atoms with van der Waals surface area (Å²) in [6.45, 7) is 3.79. The molecule has 0 amide bonds. The van der Waals surface area contributed by atoms with E-state index in [1.807, 2.05) is 19.9 Å². The second-order valence-electron chi connectivity index (χ2n) is 4.91. The molecule has 0 aromatic heterocycles. The molecule has 0 spiro atoms. The first-order valence-electron chi connectivity index (χ1n) is 6.72. The molecule has 1 rings (SSSR count). The Kier molecular flexibility index (Phi) is 6.59. The number of halogens is 1. The van der Waals surface area contributed by atoms with Gasteiger partial charge in [0.05, 0.1) is 26.4 Å². The third-order valence-corrected chi connectivity index (χ3v) is 3.82. The Morgan fingerprint density at radius 3 is 2.15 bits per heavy atom. The minimum absolute atomic E-state index is 0.00138. The molecule has 0 heterocycles. The van der Waals surface area contributed by atoms with Gasteiger partial charge in [0, 0.05) is 11.1 Å². The molecule has 20 heavy (non-hydrogen) atoms. The fourth-order valence-corrected chi connectivity index (χ4v) is 2.51. The molecule has 0 aliphatic carbocycles. The summed E-state index contributed by atoms with van der Waals surface area (Å²) in [5.41, 5.74) is 0.867. The van der Waals surface area contributed by atoms with Gasteiger partial charge in [0.15, 0.2) is 11.5 Å². The van der Waals surface area contributed by atoms with Gasteiger partial charge in [-0.1, -0.05) is 25.4 Å². The van der Waals surface area contributed by atoms with Gasteiger partial charge in [-0.15, -0.1) is 0 Å². The molecule has 3 atom stereocenters. The zero-order valence-corrected chi connectivity index (χ0v) is 13.1. The van der Waals surface area contributed by atoms with Crippen molar-refractivity contribution in [3.63, 3.8) is 0 Å². The first-order valence-corrected chi connectivity index (χ1v) is 7.09. The number of benzene rings is 1. The van der Waals surface area contributed by atoms with Crippen LogP contribution < -0.4 is 9.47 Å². The van der Waals surface area contributed by atoms with Crippen molar-refractivity contribution in [1.29, 1.82) is 0 Å². The van der Waals surface area contributed by atoms with Gasteiger partial charge in [-0.25, -0.2) is 0 Å². The van der Waals surface area contributed by atoms with Gasteiger partial charge >= 0.3 is 0 Å². The molecular formula is C15H23ClO4. The molecule has 0 radical (unpaired) electrons. The van der Waals surface area contributed by atoms with E-state index in [1.54, 1.807) is 20.3 Å². The minimum atomic E-state index is -0.765. The van der Waals surface area contributed by atoms with Crippen LogP contribution in [0.1, 0.15) is 38.2 Å². The highest BCUT2D eigenvalue weighted by Gasteiger charge is 2.21. The molecule has 5 heteroatoms. The van der Waals surface area contributed by atoms with Gasteiger partial charge in [-0.2, -0.15) is 0 Å². The Hall–Kier alpha value is -0.970. The maximum absolute atomic E-state index is 9.92. The standard InChI is InChI=1S/C15H23ClO4/c1-5-12(17)13(18)6-9(2)10-7-14(19-3)15(20-4)8-11(10)16/h7-9,12-13,17-18H,5-6H2,1-4H3. The van der Waals surface area contributed by atoms with Crippen LogP contribution in [0.5, 0.6) is 11.5 Å². The largest absolute Gasteiger partial charge is 0.493 e. The number of ether oxygens (including phenoxy) is 2. The molecule has 3 unspecified atom stereocenters. The average Bonchev–Trinajstić information content (AvgIpc) is 2.45. The highest BCUT2D eigenvalue weighted by molar-refractivity contribution is 6.31. The summed E-state index contributed by atoms with van der Waals surface area (Å²) in [5.74, 6) is 1.17. The number of hydrogen-bond acceptors (Lipinski definition) is 4. The van der Waals surface area contributed by atoms with Crippen LogP contribution in [0.25, 0.3) is 0 Å². The molecule has 114 valence electrons. The van der Waals surface area contributed by atoms with Crippen molar-refractivity contribution in [2.45, 2.75) is 44.8 Å². The van der Waals surface area contributed by atoms with E-state index in [2.05, 4.69) is 0 Å². The summed E-state index contributed by atoms with van der Waals surface area (Å²) >= 11 is 6.25. The van der Waals surface area contributed by atoms with Crippen molar-refractivity contribution in [2.75, 3.05) is 14.2 Å². The summed E-state index contributed by atoms with van der Waals surface area (Å²) in [5, 5.41) is 20.1. The van der Waals surface area contributed by atoms with E-state index >= 15 is 0 Å². The molecule has 0 aliphatic heterocycles. The van der Waals surface area contributed by atoms with Crippen LogP contribution in [0.4, 0.5) is 0 Å². The molecule has 0 fully saturated rings. The Bertz CT molecular complexity index is 436. The first-order chi connectivity index (χ1) is 9.44. The van der Waals surface area contributed by atoms with Crippen LogP contribution in [0.3, 0.4) is 0 Å². The van der Waals surface area contributed by atoms with Gasteiger partial charge in [0.1, 0.15) is 0 Å². The lowest BCUT2D eigenvalue weighted by Crippen LogP contribution is -2.26. The zero-order valence-electron chi connectivity index (χ0n) is 12.4. The zero-order chi connectivity index (χ0) is 15.3. The van der Waals surface area contributed by atoms with Crippen LogP contribution in [-0.2, 0) is 0 Å². The summed E-state index contributed by atoms with van der Waals surface area (Å²) < 4.78 is 10.4. The molecule has 2 N–H and O–H groups in total. The average molecular weight is 303 g/mol. The highest BCUT2D eigenvalue weighted by Crippen LogP contribution is 2.37. The molecule has 0 aliphatic rings. The van der Waals surface area contributed by atoms with Crippen molar-refractivity contribution in [1.82, 2.24) is 0 Å². The van der Waals surface area contributed by atoms with Crippen molar-refractivity contribution in [2.24, 2.45) is 0 Å². The quantitative estimate of drug-likeness (QED) is 0.813. The topological polar surface area (TPSA) is 58.9 Å². The van der Waals surface area contributed by atoms with E-state index in [0.717, 1.165) is 5.56 Å². The second-order valence-corrected chi connectivity index (χ2v) is 5.32.